The highest BCUT2D eigenvalue weighted by atomic mass is 35.5. The van der Waals surface area contributed by atoms with Crippen molar-refractivity contribution in [2.45, 2.75) is 25.4 Å². The third-order valence-corrected chi connectivity index (χ3v) is 3.25. The first-order chi connectivity index (χ1) is 9.70. The van der Waals surface area contributed by atoms with Crippen LogP contribution in [0.2, 0.25) is 5.02 Å². The normalized spacial score (nSPS) is 14.1. The Balaban J connectivity index is 1.60. The molecule has 3 rings (SSSR count). The number of nitrogens with one attached hydrogen (secondary N) is 2. The lowest BCUT2D eigenvalue weighted by molar-refractivity contribution is 0.240. The van der Waals surface area contributed by atoms with Crippen molar-refractivity contribution in [2.75, 3.05) is 0 Å². The summed E-state index contributed by atoms with van der Waals surface area (Å²) in [6.45, 7) is 0.336. The van der Waals surface area contributed by atoms with Crippen LogP contribution in [0.25, 0.3) is 11.3 Å². The number of carbonyl (C=O) groups excluding carboxylic acids is 1. The Labute approximate surface area is 121 Å². The Hall–Kier alpha value is -2.01. The van der Waals surface area contributed by atoms with Gasteiger partial charge in [-0.15, -0.1) is 0 Å². The third-order valence-electron chi connectivity index (χ3n) is 3.01. The van der Waals surface area contributed by atoms with E-state index >= 15 is 0 Å². The van der Waals surface area contributed by atoms with Crippen LogP contribution >= 0.6 is 11.6 Å². The number of amides is 2. The molecule has 1 fully saturated rings. The third kappa shape index (κ3) is 3.30. The van der Waals surface area contributed by atoms with Gasteiger partial charge in [-0.05, 0) is 25.0 Å². The highest BCUT2D eigenvalue weighted by molar-refractivity contribution is 6.30. The number of hydrogen-bond donors (Lipinski definition) is 2. The molecule has 0 radical (unpaired) electrons. The second kappa shape index (κ2) is 5.54. The van der Waals surface area contributed by atoms with Crippen molar-refractivity contribution >= 4 is 17.6 Å². The van der Waals surface area contributed by atoms with Crippen LogP contribution in [-0.2, 0) is 6.54 Å². The van der Waals surface area contributed by atoms with Gasteiger partial charge in [0.1, 0.15) is 5.69 Å². The molecule has 0 atom stereocenters. The first-order valence-corrected chi connectivity index (χ1v) is 6.84. The summed E-state index contributed by atoms with van der Waals surface area (Å²) in [7, 11) is 0. The molecule has 0 bridgehead atoms. The zero-order valence-electron chi connectivity index (χ0n) is 10.7. The van der Waals surface area contributed by atoms with E-state index in [1.54, 1.807) is 18.2 Å². The monoisotopic (exact) mass is 291 g/mol. The van der Waals surface area contributed by atoms with Crippen LogP contribution in [0.5, 0.6) is 0 Å². The van der Waals surface area contributed by atoms with Gasteiger partial charge in [0.05, 0.1) is 6.54 Å². The van der Waals surface area contributed by atoms with Crippen LogP contribution in [0.1, 0.15) is 18.5 Å². The van der Waals surface area contributed by atoms with E-state index < -0.39 is 0 Å². The topological polar surface area (TPSA) is 67.2 Å². The molecular weight excluding hydrogens is 278 g/mol. The Morgan fingerprint density at radius 3 is 3.00 bits per heavy atom. The maximum Gasteiger partial charge on any atom is 0.315 e. The van der Waals surface area contributed by atoms with Crippen molar-refractivity contribution in [3.8, 4) is 11.3 Å². The fourth-order valence-electron chi connectivity index (χ4n) is 1.81. The van der Waals surface area contributed by atoms with Crippen LogP contribution in [0.15, 0.2) is 34.9 Å². The van der Waals surface area contributed by atoms with Gasteiger partial charge in [0.15, 0.2) is 5.76 Å². The fourth-order valence-corrected chi connectivity index (χ4v) is 2.00. The molecule has 20 heavy (non-hydrogen) atoms. The summed E-state index contributed by atoms with van der Waals surface area (Å²) in [5.41, 5.74) is 1.53. The van der Waals surface area contributed by atoms with Gasteiger partial charge in [-0.1, -0.05) is 28.9 Å². The van der Waals surface area contributed by atoms with Crippen molar-refractivity contribution in [2.24, 2.45) is 0 Å². The molecular formula is C14H14ClN3O2. The standard InChI is InChI=1S/C14H14ClN3O2/c15-10-3-1-2-9(6-10)13-7-12(18-20-13)8-16-14(19)17-11-4-5-11/h1-3,6-7,11H,4-5,8H2,(H2,16,17,19). The van der Waals surface area contributed by atoms with Gasteiger partial charge in [-0.3, -0.25) is 0 Å². The second-order valence-electron chi connectivity index (χ2n) is 4.79. The first kappa shape index (κ1) is 13.0. The zero-order valence-corrected chi connectivity index (χ0v) is 11.5. The predicted octanol–water partition coefficient (Wildman–Crippen LogP) is 2.96. The number of carbonyl (C=O) groups is 1. The maximum absolute atomic E-state index is 11.5. The molecule has 0 aliphatic heterocycles. The second-order valence-corrected chi connectivity index (χ2v) is 5.23. The molecule has 6 heteroatoms. The van der Waals surface area contributed by atoms with Crippen LogP contribution < -0.4 is 10.6 Å². The number of benzene rings is 1. The Kier molecular flexibility index (Phi) is 3.60. The van der Waals surface area contributed by atoms with Crippen LogP contribution in [0.4, 0.5) is 4.79 Å². The lowest BCUT2D eigenvalue weighted by Crippen LogP contribution is -2.36. The smallest absolute Gasteiger partial charge is 0.315 e. The fraction of sp³-hybridized carbons (Fsp3) is 0.286. The molecule has 0 spiro atoms. The van der Waals surface area contributed by atoms with Crippen LogP contribution in [-0.4, -0.2) is 17.2 Å². The lowest BCUT2D eigenvalue weighted by atomic mass is 10.1. The highest BCUT2D eigenvalue weighted by Gasteiger charge is 2.23. The summed E-state index contributed by atoms with van der Waals surface area (Å²) in [4.78, 5) is 11.5. The van der Waals surface area contributed by atoms with Crippen molar-refractivity contribution in [1.29, 1.82) is 0 Å². The molecule has 104 valence electrons. The quantitative estimate of drug-likeness (QED) is 0.910. The highest BCUT2D eigenvalue weighted by Crippen LogP contribution is 2.23. The Morgan fingerprint density at radius 1 is 1.40 bits per heavy atom. The summed E-state index contributed by atoms with van der Waals surface area (Å²) in [5, 5.41) is 10.2. The van der Waals surface area contributed by atoms with E-state index in [4.69, 9.17) is 16.1 Å². The van der Waals surface area contributed by atoms with E-state index in [1.807, 2.05) is 12.1 Å². The SMILES string of the molecule is O=C(NCc1cc(-c2cccc(Cl)c2)on1)NC1CC1. The molecule has 5 nitrogen and oxygen atoms in total. The number of halogens is 1. The molecule has 1 aromatic heterocycles. The van der Waals surface area contributed by atoms with E-state index in [0.29, 0.717) is 29.1 Å². The Morgan fingerprint density at radius 2 is 2.25 bits per heavy atom. The summed E-state index contributed by atoms with van der Waals surface area (Å²) >= 11 is 5.93. The summed E-state index contributed by atoms with van der Waals surface area (Å²) < 4.78 is 5.25. The number of nitrogens with zero attached hydrogens (tertiary/aromatic N) is 1. The van der Waals surface area contributed by atoms with E-state index in [9.17, 15) is 4.79 Å². The van der Waals surface area contributed by atoms with Crippen molar-refractivity contribution in [3.63, 3.8) is 0 Å². The van der Waals surface area contributed by atoms with Gasteiger partial charge in [-0.25, -0.2) is 4.79 Å². The minimum atomic E-state index is -0.167. The van der Waals surface area contributed by atoms with Gasteiger partial charge in [0, 0.05) is 22.7 Å². The van der Waals surface area contributed by atoms with Crippen LogP contribution in [0, 0.1) is 0 Å². The molecule has 2 N–H and O–H groups in total. The number of hydrogen-bond acceptors (Lipinski definition) is 3. The molecule has 0 saturated heterocycles. The molecule has 1 aromatic carbocycles. The predicted molar refractivity (Wildman–Crippen MR) is 75.3 cm³/mol. The zero-order chi connectivity index (χ0) is 13.9. The summed E-state index contributed by atoms with van der Waals surface area (Å²) in [6.07, 6.45) is 2.13. The van der Waals surface area contributed by atoms with Crippen LogP contribution in [0.3, 0.4) is 0 Å². The molecule has 2 aromatic rings. The number of aromatic nitrogens is 1. The van der Waals surface area contributed by atoms with Gasteiger partial charge in [-0.2, -0.15) is 0 Å². The summed E-state index contributed by atoms with van der Waals surface area (Å²) in [5.74, 6) is 0.631. The molecule has 1 aliphatic rings. The van der Waals surface area contributed by atoms with Crippen molar-refractivity contribution in [3.05, 3.63) is 41.0 Å². The minimum absolute atomic E-state index is 0.167. The van der Waals surface area contributed by atoms with E-state index in [0.717, 1.165) is 18.4 Å². The largest absolute Gasteiger partial charge is 0.356 e. The van der Waals surface area contributed by atoms with Gasteiger partial charge < -0.3 is 15.2 Å². The molecule has 2 amide bonds. The van der Waals surface area contributed by atoms with E-state index in [2.05, 4.69) is 15.8 Å². The first-order valence-electron chi connectivity index (χ1n) is 6.46. The average molecular weight is 292 g/mol. The lowest BCUT2D eigenvalue weighted by Gasteiger charge is -2.03. The molecule has 1 saturated carbocycles. The summed E-state index contributed by atoms with van der Waals surface area (Å²) in [6, 6.07) is 9.31. The van der Waals surface area contributed by atoms with Crippen molar-refractivity contribution in [1.82, 2.24) is 15.8 Å². The van der Waals surface area contributed by atoms with E-state index in [-0.39, 0.29) is 6.03 Å². The van der Waals surface area contributed by atoms with Gasteiger partial charge in [0.25, 0.3) is 0 Å². The molecule has 1 heterocycles. The number of rotatable bonds is 4. The van der Waals surface area contributed by atoms with Gasteiger partial charge in [0.2, 0.25) is 0 Å². The average Bonchev–Trinajstić information content (AvgIpc) is 3.11. The minimum Gasteiger partial charge on any atom is -0.356 e. The molecule has 1 aliphatic carbocycles. The number of urea groups is 1. The Bertz CT molecular complexity index is 622. The van der Waals surface area contributed by atoms with Gasteiger partial charge >= 0.3 is 6.03 Å². The molecule has 0 unspecified atom stereocenters. The maximum atomic E-state index is 11.5. The van der Waals surface area contributed by atoms with E-state index in [1.165, 1.54) is 0 Å². The van der Waals surface area contributed by atoms with Crippen molar-refractivity contribution < 1.29 is 9.32 Å².